The van der Waals surface area contributed by atoms with Crippen LogP contribution in [0.2, 0.25) is 5.02 Å². The van der Waals surface area contributed by atoms with E-state index in [4.69, 9.17) is 23.2 Å². The van der Waals surface area contributed by atoms with E-state index in [9.17, 15) is 4.79 Å². The van der Waals surface area contributed by atoms with Crippen LogP contribution in [-0.4, -0.2) is 29.3 Å². The number of halogens is 2. The first-order valence-corrected chi connectivity index (χ1v) is 7.18. The average Bonchev–Trinajstić information content (AvgIpc) is 2.29. The number of carbonyl (C=O) groups is 1. The monoisotopic (exact) mass is 285 g/mol. The number of carbonyl (C=O) groups excluding carboxylic acids is 1. The lowest BCUT2D eigenvalue weighted by Crippen LogP contribution is -2.45. The zero-order chi connectivity index (χ0) is 13.1. The highest BCUT2D eigenvalue weighted by Crippen LogP contribution is 2.27. The fourth-order valence-electron chi connectivity index (χ4n) is 2.18. The summed E-state index contributed by atoms with van der Waals surface area (Å²) in [6.07, 6.45) is 3.39. The minimum absolute atomic E-state index is 0.0696. The van der Waals surface area contributed by atoms with Gasteiger partial charge in [0.2, 0.25) is 0 Å². The lowest BCUT2D eigenvalue weighted by Gasteiger charge is -2.37. The van der Waals surface area contributed by atoms with E-state index in [0.29, 0.717) is 29.1 Å². The maximum Gasteiger partial charge on any atom is 0.254 e. The second-order valence-electron chi connectivity index (χ2n) is 4.74. The standard InChI is InChI=1S/C14H17Cl2NO/c1-10-9-11(5-6-13(10)16)14(18)17(8-7-15)12-3-2-4-12/h5-6,9,12H,2-4,7-8H2,1H3. The Balaban J connectivity index is 2.18. The predicted octanol–water partition coefficient (Wildman–Crippen LogP) is 3.88. The molecule has 0 unspecified atom stereocenters. The summed E-state index contributed by atoms with van der Waals surface area (Å²) in [4.78, 5) is 14.4. The molecule has 0 bridgehead atoms. The number of hydrogen-bond acceptors (Lipinski definition) is 1. The van der Waals surface area contributed by atoms with Crippen LogP contribution in [0, 0.1) is 6.92 Å². The minimum atomic E-state index is 0.0696. The van der Waals surface area contributed by atoms with Crippen LogP contribution in [0.1, 0.15) is 35.2 Å². The van der Waals surface area contributed by atoms with Gasteiger partial charge in [-0.15, -0.1) is 11.6 Å². The first-order chi connectivity index (χ1) is 8.63. The zero-order valence-corrected chi connectivity index (χ0v) is 12.0. The molecule has 2 rings (SSSR count). The molecule has 0 saturated heterocycles. The maximum atomic E-state index is 12.5. The van der Waals surface area contributed by atoms with E-state index in [2.05, 4.69) is 0 Å². The summed E-state index contributed by atoms with van der Waals surface area (Å²) in [5, 5.41) is 0.694. The van der Waals surface area contributed by atoms with E-state index in [0.717, 1.165) is 18.4 Å². The first kappa shape index (κ1) is 13.7. The Labute approximate surface area is 118 Å². The number of amides is 1. The van der Waals surface area contributed by atoms with Gasteiger partial charge in [0.15, 0.2) is 0 Å². The number of hydrogen-bond donors (Lipinski definition) is 0. The fourth-order valence-corrected chi connectivity index (χ4v) is 2.48. The quantitative estimate of drug-likeness (QED) is 0.769. The summed E-state index contributed by atoms with van der Waals surface area (Å²) in [5.41, 5.74) is 1.64. The molecule has 1 aromatic carbocycles. The molecule has 1 saturated carbocycles. The molecule has 0 aliphatic heterocycles. The van der Waals surface area contributed by atoms with E-state index in [-0.39, 0.29) is 5.91 Å². The van der Waals surface area contributed by atoms with Gasteiger partial charge in [0.1, 0.15) is 0 Å². The molecule has 1 amide bonds. The van der Waals surface area contributed by atoms with Crippen molar-refractivity contribution in [1.29, 1.82) is 0 Å². The smallest absolute Gasteiger partial charge is 0.254 e. The van der Waals surface area contributed by atoms with Crippen molar-refractivity contribution in [2.24, 2.45) is 0 Å². The van der Waals surface area contributed by atoms with E-state index in [1.54, 1.807) is 12.1 Å². The van der Waals surface area contributed by atoms with E-state index >= 15 is 0 Å². The molecule has 0 N–H and O–H groups in total. The predicted molar refractivity (Wildman–Crippen MR) is 75.6 cm³/mol. The lowest BCUT2D eigenvalue weighted by molar-refractivity contribution is 0.0598. The summed E-state index contributed by atoms with van der Waals surface area (Å²) in [6.45, 7) is 2.53. The first-order valence-electron chi connectivity index (χ1n) is 6.26. The topological polar surface area (TPSA) is 20.3 Å². The van der Waals surface area contributed by atoms with Crippen molar-refractivity contribution in [2.45, 2.75) is 32.2 Å². The average molecular weight is 286 g/mol. The second-order valence-corrected chi connectivity index (χ2v) is 5.52. The molecule has 1 fully saturated rings. The molecule has 2 nitrogen and oxygen atoms in total. The molecule has 0 heterocycles. The molecule has 0 atom stereocenters. The summed E-state index contributed by atoms with van der Waals surface area (Å²) < 4.78 is 0. The molecule has 18 heavy (non-hydrogen) atoms. The van der Waals surface area contributed by atoms with E-state index in [1.165, 1.54) is 6.42 Å². The molecule has 0 aromatic heterocycles. The van der Waals surface area contributed by atoms with Gasteiger partial charge >= 0.3 is 0 Å². The van der Waals surface area contributed by atoms with Crippen molar-refractivity contribution < 1.29 is 4.79 Å². The SMILES string of the molecule is Cc1cc(C(=O)N(CCCl)C2CCC2)ccc1Cl. The largest absolute Gasteiger partial charge is 0.334 e. The molecule has 98 valence electrons. The molecular formula is C14H17Cl2NO. The highest BCUT2D eigenvalue weighted by atomic mass is 35.5. The van der Waals surface area contributed by atoms with Gasteiger partial charge in [0.25, 0.3) is 5.91 Å². The molecular weight excluding hydrogens is 269 g/mol. The van der Waals surface area contributed by atoms with Crippen LogP contribution in [0.25, 0.3) is 0 Å². The molecule has 1 aromatic rings. The summed E-state index contributed by atoms with van der Waals surface area (Å²) in [6, 6.07) is 5.79. The Morgan fingerprint density at radius 3 is 2.67 bits per heavy atom. The molecule has 0 radical (unpaired) electrons. The van der Waals surface area contributed by atoms with Gasteiger partial charge in [0, 0.05) is 29.1 Å². The van der Waals surface area contributed by atoms with Gasteiger partial charge in [-0.05, 0) is 49.9 Å². The Morgan fingerprint density at radius 1 is 1.44 bits per heavy atom. The Morgan fingerprint density at radius 2 is 2.17 bits per heavy atom. The summed E-state index contributed by atoms with van der Waals surface area (Å²) in [7, 11) is 0. The second kappa shape index (κ2) is 5.94. The van der Waals surface area contributed by atoms with Crippen LogP contribution < -0.4 is 0 Å². The van der Waals surface area contributed by atoms with Gasteiger partial charge in [-0.1, -0.05) is 11.6 Å². The summed E-state index contributed by atoms with van der Waals surface area (Å²) >= 11 is 11.8. The van der Waals surface area contributed by atoms with Crippen molar-refractivity contribution in [2.75, 3.05) is 12.4 Å². The molecule has 1 aliphatic rings. The van der Waals surface area contributed by atoms with Crippen molar-refractivity contribution in [3.63, 3.8) is 0 Å². The van der Waals surface area contributed by atoms with Crippen molar-refractivity contribution in [3.8, 4) is 0 Å². The lowest BCUT2D eigenvalue weighted by atomic mass is 9.91. The Bertz CT molecular complexity index is 443. The van der Waals surface area contributed by atoms with Crippen LogP contribution in [-0.2, 0) is 0 Å². The maximum absolute atomic E-state index is 12.5. The van der Waals surface area contributed by atoms with E-state index < -0.39 is 0 Å². The molecule has 1 aliphatic carbocycles. The third-order valence-corrected chi connectivity index (χ3v) is 4.10. The number of alkyl halides is 1. The Kier molecular flexibility index (Phi) is 4.52. The highest BCUT2D eigenvalue weighted by Gasteiger charge is 2.28. The van der Waals surface area contributed by atoms with Crippen LogP contribution in [0.4, 0.5) is 0 Å². The normalized spacial score (nSPS) is 15.3. The number of aryl methyl sites for hydroxylation is 1. The highest BCUT2D eigenvalue weighted by molar-refractivity contribution is 6.31. The fraction of sp³-hybridized carbons (Fsp3) is 0.500. The van der Waals surface area contributed by atoms with Gasteiger partial charge in [0.05, 0.1) is 0 Å². The number of nitrogens with zero attached hydrogens (tertiary/aromatic N) is 1. The third-order valence-electron chi connectivity index (χ3n) is 3.51. The van der Waals surface area contributed by atoms with Gasteiger partial charge in [-0.3, -0.25) is 4.79 Å². The van der Waals surface area contributed by atoms with Gasteiger partial charge in [-0.25, -0.2) is 0 Å². The third kappa shape index (κ3) is 2.81. The van der Waals surface area contributed by atoms with Gasteiger partial charge in [-0.2, -0.15) is 0 Å². The molecule has 0 spiro atoms. The van der Waals surface area contributed by atoms with Crippen molar-refractivity contribution >= 4 is 29.1 Å². The Hall–Kier alpha value is -0.730. The minimum Gasteiger partial charge on any atom is -0.334 e. The van der Waals surface area contributed by atoms with Crippen LogP contribution >= 0.6 is 23.2 Å². The van der Waals surface area contributed by atoms with Crippen LogP contribution in [0.5, 0.6) is 0 Å². The van der Waals surface area contributed by atoms with Crippen molar-refractivity contribution in [3.05, 3.63) is 34.3 Å². The number of rotatable bonds is 4. The molecule has 4 heteroatoms. The number of benzene rings is 1. The van der Waals surface area contributed by atoms with Crippen molar-refractivity contribution in [1.82, 2.24) is 4.90 Å². The summed E-state index contributed by atoms with van der Waals surface area (Å²) in [5.74, 6) is 0.551. The zero-order valence-electron chi connectivity index (χ0n) is 10.5. The van der Waals surface area contributed by atoms with Gasteiger partial charge < -0.3 is 4.90 Å². The van der Waals surface area contributed by atoms with E-state index in [1.807, 2.05) is 17.9 Å². The van der Waals surface area contributed by atoms with Crippen LogP contribution in [0.3, 0.4) is 0 Å². The van der Waals surface area contributed by atoms with Crippen LogP contribution in [0.15, 0.2) is 18.2 Å².